The van der Waals surface area contributed by atoms with Crippen LogP contribution < -0.4 is 4.90 Å². The van der Waals surface area contributed by atoms with Crippen LogP contribution in [0.25, 0.3) is 16.6 Å². The van der Waals surface area contributed by atoms with Crippen molar-refractivity contribution in [1.82, 2.24) is 29.8 Å². The Labute approximate surface area is 222 Å². The number of anilines is 1. The molecular weight excluding hydrogens is 458 g/mol. The highest BCUT2D eigenvalue weighted by Gasteiger charge is 2.30. The summed E-state index contributed by atoms with van der Waals surface area (Å²) in [6.45, 7) is 21.9. The summed E-state index contributed by atoms with van der Waals surface area (Å²) in [5.41, 5.74) is 6.67. The Morgan fingerprint density at radius 2 is 1.57 bits per heavy atom. The van der Waals surface area contributed by atoms with Gasteiger partial charge in [-0.2, -0.15) is 10.2 Å². The fourth-order valence-corrected chi connectivity index (χ4v) is 6.40. The predicted molar refractivity (Wildman–Crippen MR) is 152 cm³/mol. The molecule has 0 aliphatic carbocycles. The van der Waals surface area contributed by atoms with E-state index in [1.165, 1.54) is 24.1 Å². The van der Waals surface area contributed by atoms with Crippen molar-refractivity contribution < 1.29 is 0 Å². The molecule has 7 nitrogen and oxygen atoms in total. The van der Waals surface area contributed by atoms with Crippen molar-refractivity contribution >= 4 is 16.7 Å². The molecule has 0 saturated carbocycles. The van der Waals surface area contributed by atoms with E-state index >= 15 is 0 Å². The van der Waals surface area contributed by atoms with Gasteiger partial charge in [0, 0.05) is 43.8 Å². The average Bonchev–Trinajstić information content (AvgIpc) is 3.28. The fourth-order valence-electron chi connectivity index (χ4n) is 6.40. The van der Waals surface area contributed by atoms with Crippen LogP contribution in [0.5, 0.6) is 0 Å². The van der Waals surface area contributed by atoms with E-state index in [4.69, 9.17) is 5.10 Å². The highest BCUT2D eigenvalue weighted by Crippen LogP contribution is 2.34. The van der Waals surface area contributed by atoms with Crippen LogP contribution >= 0.6 is 0 Å². The molecule has 0 amide bonds. The van der Waals surface area contributed by atoms with Gasteiger partial charge in [-0.05, 0) is 71.7 Å². The Balaban J connectivity index is 1.28. The maximum Gasteiger partial charge on any atom is 0.179 e. The van der Waals surface area contributed by atoms with Crippen LogP contribution in [0, 0.1) is 26.7 Å². The highest BCUT2D eigenvalue weighted by molar-refractivity contribution is 5.92. The standard InChI is InChI=1S/C30H43N7/c1-7-34(8-2)26-15-19-35(20-16-26)23(5)25-13-17-36(18-14-25)30-29-28(22(4)31-32-30)24(6)37(33-29)27-11-9-21(3)10-12-27/h9-12,25-26H,5,7-8,13-20H2,1-4,6H3. The number of likely N-dealkylation sites (tertiary alicyclic amines) is 1. The first-order valence-electron chi connectivity index (χ1n) is 14.1. The van der Waals surface area contributed by atoms with Crippen LogP contribution in [-0.2, 0) is 0 Å². The van der Waals surface area contributed by atoms with Gasteiger partial charge in [-0.25, -0.2) is 4.68 Å². The fraction of sp³-hybridized carbons (Fsp3) is 0.567. The average molecular weight is 502 g/mol. The van der Waals surface area contributed by atoms with Gasteiger partial charge >= 0.3 is 0 Å². The lowest BCUT2D eigenvalue weighted by Gasteiger charge is -2.42. The third-order valence-electron chi connectivity index (χ3n) is 8.73. The SMILES string of the molecule is C=C(C1CCN(c2nnc(C)c3c(C)n(-c4ccc(C)cc4)nc23)CC1)N1CCC(N(CC)CC)CC1. The van der Waals surface area contributed by atoms with E-state index in [0.717, 1.165) is 91.9 Å². The van der Waals surface area contributed by atoms with Gasteiger partial charge in [-0.3, -0.25) is 0 Å². The molecule has 0 atom stereocenters. The molecule has 4 heterocycles. The van der Waals surface area contributed by atoms with E-state index in [1.807, 2.05) is 11.6 Å². The van der Waals surface area contributed by atoms with Gasteiger partial charge in [0.2, 0.25) is 0 Å². The zero-order valence-electron chi connectivity index (χ0n) is 23.4. The summed E-state index contributed by atoms with van der Waals surface area (Å²) < 4.78 is 2.04. The molecule has 198 valence electrons. The minimum atomic E-state index is 0.544. The van der Waals surface area contributed by atoms with Crippen molar-refractivity contribution in [3.63, 3.8) is 0 Å². The molecule has 7 heteroatoms. The van der Waals surface area contributed by atoms with Gasteiger partial charge in [0.15, 0.2) is 5.82 Å². The number of fused-ring (bicyclic) bond motifs is 1. The molecule has 0 unspecified atom stereocenters. The van der Waals surface area contributed by atoms with Crippen molar-refractivity contribution in [3.8, 4) is 5.69 Å². The Hall–Kier alpha value is -2.93. The van der Waals surface area contributed by atoms with Crippen LogP contribution in [0.2, 0.25) is 0 Å². The van der Waals surface area contributed by atoms with E-state index in [0.29, 0.717) is 5.92 Å². The Morgan fingerprint density at radius 1 is 0.919 bits per heavy atom. The molecule has 2 aromatic heterocycles. The molecule has 0 bridgehead atoms. The second kappa shape index (κ2) is 10.8. The number of piperidine rings is 2. The minimum absolute atomic E-state index is 0.544. The number of hydrogen-bond acceptors (Lipinski definition) is 6. The van der Waals surface area contributed by atoms with Crippen LogP contribution in [0.4, 0.5) is 5.82 Å². The summed E-state index contributed by atoms with van der Waals surface area (Å²) >= 11 is 0. The molecule has 5 rings (SSSR count). The molecule has 1 aromatic carbocycles. The molecule has 0 N–H and O–H groups in total. The predicted octanol–water partition coefficient (Wildman–Crippen LogP) is 5.28. The van der Waals surface area contributed by atoms with Gasteiger partial charge in [0.1, 0.15) is 5.52 Å². The van der Waals surface area contributed by atoms with Crippen LogP contribution in [0.15, 0.2) is 36.5 Å². The summed E-state index contributed by atoms with van der Waals surface area (Å²) in [5.74, 6) is 1.46. The van der Waals surface area contributed by atoms with Gasteiger partial charge in [0.25, 0.3) is 0 Å². The molecule has 3 aromatic rings. The van der Waals surface area contributed by atoms with Crippen molar-refractivity contribution in [3.05, 3.63) is 53.5 Å². The first-order valence-corrected chi connectivity index (χ1v) is 14.1. The van der Waals surface area contributed by atoms with Crippen molar-refractivity contribution in [2.24, 2.45) is 5.92 Å². The van der Waals surface area contributed by atoms with E-state index in [9.17, 15) is 0 Å². The van der Waals surface area contributed by atoms with Crippen molar-refractivity contribution in [2.45, 2.75) is 66.3 Å². The van der Waals surface area contributed by atoms with Gasteiger partial charge in [-0.1, -0.05) is 38.1 Å². The second-order valence-corrected chi connectivity index (χ2v) is 10.9. The van der Waals surface area contributed by atoms with E-state index in [-0.39, 0.29) is 0 Å². The topological polar surface area (TPSA) is 53.3 Å². The smallest absolute Gasteiger partial charge is 0.179 e. The molecule has 2 aliphatic rings. The van der Waals surface area contributed by atoms with Crippen LogP contribution in [-0.4, -0.2) is 75.1 Å². The van der Waals surface area contributed by atoms with Crippen molar-refractivity contribution in [2.75, 3.05) is 44.2 Å². The van der Waals surface area contributed by atoms with E-state index < -0.39 is 0 Å². The molecule has 2 aliphatic heterocycles. The zero-order chi connectivity index (χ0) is 26.1. The van der Waals surface area contributed by atoms with E-state index in [1.54, 1.807) is 0 Å². The van der Waals surface area contributed by atoms with Crippen molar-refractivity contribution in [1.29, 1.82) is 0 Å². The first kappa shape index (κ1) is 25.7. The maximum atomic E-state index is 5.05. The lowest BCUT2D eigenvalue weighted by atomic mass is 9.91. The number of benzene rings is 1. The third-order valence-corrected chi connectivity index (χ3v) is 8.73. The summed E-state index contributed by atoms with van der Waals surface area (Å²) in [6.07, 6.45) is 4.70. The quantitative estimate of drug-likeness (QED) is 0.439. The Kier molecular flexibility index (Phi) is 7.52. The molecule has 0 spiro atoms. The molecular formula is C30H43N7. The van der Waals surface area contributed by atoms with Crippen LogP contribution in [0.3, 0.4) is 0 Å². The largest absolute Gasteiger partial charge is 0.375 e. The molecule has 2 saturated heterocycles. The number of hydrogen-bond donors (Lipinski definition) is 0. The summed E-state index contributed by atoms with van der Waals surface area (Å²) in [4.78, 5) is 7.57. The number of nitrogens with zero attached hydrogens (tertiary/aromatic N) is 7. The van der Waals surface area contributed by atoms with Crippen LogP contribution in [0.1, 0.15) is 56.5 Å². The van der Waals surface area contributed by atoms with E-state index in [2.05, 4.69) is 83.4 Å². The molecule has 37 heavy (non-hydrogen) atoms. The second-order valence-electron chi connectivity index (χ2n) is 10.9. The van der Waals surface area contributed by atoms with Gasteiger partial charge < -0.3 is 14.7 Å². The summed E-state index contributed by atoms with van der Waals surface area (Å²) in [5, 5.41) is 15.4. The highest BCUT2D eigenvalue weighted by atomic mass is 15.3. The molecule has 0 radical (unpaired) electrons. The number of rotatable bonds is 7. The number of aryl methyl sites for hydroxylation is 3. The Morgan fingerprint density at radius 3 is 2.19 bits per heavy atom. The van der Waals surface area contributed by atoms with Gasteiger partial charge in [-0.15, -0.1) is 5.10 Å². The monoisotopic (exact) mass is 501 g/mol. The first-order chi connectivity index (χ1) is 17.9. The van der Waals surface area contributed by atoms with Gasteiger partial charge in [0.05, 0.1) is 22.5 Å². The number of allylic oxidation sites excluding steroid dienone is 1. The zero-order valence-corrected chi connectivity index (χ0v) is 23.4. The minimum Gasteiger partial charge on any atom is -0.375 e. The molecule has 2 fully saturated rings. The number of aromatic nitrogens is 4. The lowest BCUT2D eigenvalue weighted by molar-refractivity contribution is 0.126. The third kappa shape index (κ3) is 4.98. The normalized spacial score (nSPS) is 17.8. The lowest BCUT2D eigenvalue weighted by Crippen LogP contribution is -2.46. The Bertz CT molecular complexity index is 1230. The summed E-state index contributed by atoms with van der Waals surface area (Å²) in [7, 11) is 0. The summed E-state index contributed by atoms with van der Waals surface area (Å²) in [6, 6.07) is 9.26. The maximum absolute atomic E-state index is 5.05.